The fourth-order valence-electron chi connectivity index (χ4n) is 7.12. The number of hydrogen-bond acceptors (Lipinski definition) is 8. The number of hydrogen-bond donors (Lipinski definition) is 0. The molecule has 3 aromatic rings. The second-order valence-corrected chi connectivity index (χ2v) is 12.1. The zero-order chi connectivity index (χ0) is 29.0. The lowest BCUT2D eigenvalue weighted by atomic mass is 9.95. The van der Waals surface area contributed by atoms with E-state index in [1.807, 2.05) is 11.1 Å². The van der Waals surface area contributed by atoms with Crippen molar-refractivity contribution in [3.05, 3.63) is 54.0 Å². The molecule has 4 heterocycles. The van der Waals surface area contributed by atoms with E-state index in [0.29, 0.717) is 48.5 Å². The number of aromatic nitrogens is 3. The lowest BCUT2D eigenvalue weighted by Crippen LogP contribution is -2.55. The number of benzene rings is 1. The molecule has 0 N–H and O–H groups in total. The Morgan fingerprint density at radius 2 is 2.12 bits per heavy atom. The van der Waals surface area contributed by atoms with Crippen molar-refractivity contribution in [3.63, 3.8) is 0 Å². The molecule has 216 valence electrons. The van der Waals surface area contributed by atoms with E-state index in [2.05, 4.69) is 48.9 Å². The quantitative estimate of drug-likeness (QED) is 0.391. The maximum Gasteiger partial charge on any atom is 0.319 e. The molecule has 2 aromatic heterocycles. The first-order valence-electron chi connectivity index (χ1n) is 14.8. The van der Waals surface area contributed by atoms with Crippen molar-refractivity contribution in [3.8, 4) is 23.2 Å². The van der Waals surface area contributed by atoms with Crippen molar-refractivity contribution in [2.45, 2.75) is 50.1 Å². The molecule has 7 rings (SSSR count). The van der Waals surface area contributed by atoms with Crippen LogP contribution in [0.4, 0.5) is 10.2 Å². The van der Waals surface area contributed by atoms with Crippen LogP contribution in [0.1, 0.15) is 42.7 Å². The molecule has 2 saturated heterocycles. The van der Waals surface area contributed by atoms with Gasteiger partial charge in [-0.2, -0.15) is 15.2 Å². The first-order valence-corrected chi connectivity index (χ1v) is 14.8. The van der Waals surface area contributed by atoms with E-state index < -0.39 is 17.8 Å². The number of amides is 1. The molecular weight excluding hydrogens is 533 g/mol. The van der Waals surface area contributed by atoms with Crippen LogP contribution < -0.4 is 9.64 Å². The summed E-state index contributed by atoms with van der Waals surface area (Å²) in [5.41, 5.74) is 6.45. The summed E-state index contributed by atoms with van der Waals surface area (Å²) in [5, 5.41) is 9.47. The molecule has 0 spiro atoms. The number of carbonyl (C=O) groups excluding carboxylic acids is 1. The molecule has 2 aliphatic carbocycles. The highest BCUT2D eigenvalue weighted by Crippen LogP contribution is 2.58. The third-order valence-corrected chi connectivity index (χ3v) is 9.46. The molecule has 4 atom stereocenters. The van der Waals surface area contributed by atoms with E-state index in [-0.39, 0.29) is 19.0 Å². The largest absolute Gasteiger partial charge is 0.462 e. The molecule has 1 aromatic carbocycles. The Morgan fingerprint density at radius 3 is 2.90 bits per heavy atom. The van der Waals surface area contributed by atoms with Crippen molar-refractivity contribution in [2.24, 2.45) is 5.92 Å². The minimum absolute atomic E-state index is 0.0642. The zero-order valence-electron chi connectivity index (χ0n) is 23.8. The first-order chi connectivity index (χ1) is 20.4. The van der Waals surface area contributed by atoms with Crippen molar-refractivity contribution in [1.82, 2.24) is 24.8 Å². The van der Waals surface area contributed by atoms with Gasteiger partial charge in [0.05, 0.1) is 24.0 Å². The summed E-state index contributed by atoms with van der Waals surface area (Å²) in [6.07, 6.45) is 6.58. The average molecular weight is 568 g/mol. The highest BCUT2D eigenvalue weighted by molar-refractivity contribution is 5.92. The fourth-order valence-corrected chi connectivity index (χ4v) is 7.12. The van der Waals surface area contributed by atoms with Gasteiger partial charge in [-0.15, -0.1) is 0 Å². The number of ether oxygens (including phenoxy) is 1. The molecule has 4 aliphatic rings. The molecule has 10 heteroatoms. The van der Waals surface area contributed by atoms with Crippen LogP contribution in [-0.4, -0.2) is 82.6 Å². The molecule has 3 fully saturated rings. The standard InChI is InChI=1S/C32H34FN7O2/c1-19(33)31(41)40-12-11-39(17-23(40)8-9-34)30-29-27(36-32(37-30)42-18-24-6-4-10-38(24)2)15-22(16-35-29)25-7-3-5-20-13-21-14-26(21)28(20)25/h3,5,7,15-16,21,23-24,26H,1,4,6,8,10-14,17-18H2,2H3/t21?,23-,24-,26?/m0/s1. The van der Waals surface area contributed by atoms with Crippen molar-refractivity contribution in [2.75, 3.05) is 44.7 Å². The number of pyridine rings is 1. The number of piperazine rings is 1. The van der Waals surface area contributed by atoms with E-state index in [0.717, 1.165) is 37.3 Å². The van der Waals surface area contributed by atoms with Crippen LogP contribution in [0.15, 0.2) is 42.9 Å². The molecule has 2 unspecified atom stereocenters. The number of likely N-dealkylation sites (N-methyl/N-ethyl adjacent to an activating group) is 1. The predicted octanol–water partition coefficient (Wildman–Crippen LogP) is 4.24. The van der Waals surface area contributed by atoms with Gasteiger partial charge in [0.25, 0.3) is 5.91 Å². The minimum Gasteiger partial charge on any atom is -0.462 e. The Morgan fingerprint density at radius 1 is 1.24 bits per heavy atom. The molecule has 0 radical (unpaired) electrons. The number of halogens is 1. The van der Waals surface area contributed by atoms with Gasteiger partial charge >= 0.3 is 6.01 Å². The van der Waals surface area contributed by atoms with Crippen LogP contribution in [-0.2, 0) is 11.2 Å². The van der Waals surface area contributed by atoms with Crippen LogP contribution >= 0.6 is 0 Å². The SMILES string of the molecule is C=C(F)C(=O)N1CCN(c2nc(OC[C@@H]3CCCN3C)nc3cc(-c4cccc5c4C4CC4C5)cnc23)C[C@@H]1CC#N. The molecule has 42 heavy (non-hydrogen) atoms. The number of rotatable bonds is 7. The molecular formula is C32H34FN7O2. The van der Waals surface area contributed by atoms with Gasteiger partial charge in [0, 0.05) is 37.4 Å². The van der Waals surface area contributed by atoms with E-state index in [1.165, 1.54) is 28.0 Å². The van der Waals surface area contributed by atoms with E-state index in [4.69, 9.17) is 19.7 Å². The smallest absolute Gasteiger partial charge is 0.319 e. The molecule has 9 nitrogen and oxygen atoms in total. The number of nitriles is 1. The number of likely N-dealkylation sites (tertiary alicyclic amines) is 1. The Labute approximate surface area is 244 Å². The second kappa shape index (κ2) is 10.6. The highest BCUT2D eigenvalue weighted by atomic mass is 19.1. The Kier molecular flexibility index (Phi) is 6.77. The van der Waals surface area contributed by atoms with Crippen LogP contribution in [0.25, 0.3) is 22.2 Å². The summed E-state index contributed by atoms with van der Waals surface area (Å²) in [4.78, 5) is 32.7. The van der Waals surface area contributed by atoms with Crippen LogP contribution in [0, 0.1) is 17.2 Å². The lowest BCUT2D eigenvalue weighted by Gasteiger charge is -2.41. The summed E-state index contributed by atoms with van der Waals surface area (Å²) in [7, 11) is 2.11. The maximum absolute atomic E-state index is 13.8. The second-order valence-electron chi connectivity index (χ2n) is 12.1. The van der Waals surface area contributed by atoms with Gasteiger partial charge in [-0.3, -0.25) is 9.78 Å². The van der Waals surface area contributed by atoms with Crippen molar-refractivity contribution < 1.29 is 13.9 Å². The van der Waals surface area contributed by atoms with E-state index in [1.54, 1.807) is 0 Å². The normalized spacial score (nSPS) is 24.8. The number of carbonyl (C=O) groups is 1. The van der Waals surface area contributed by atoms with Gasteiger partial charge in [-0.1, -0.05) is 24.8 Å². The average Bonchev–Trinajstić information content (AvgIpc) is 3.47. The monoisotopic (exact) mass is 567 g/mol. The lowest BCUT2D eigenvalue weighted by molar-refractivity contribution is -0.131. The maximum atomic E-state index is 13.8. The molecule has 1 saturated carbocycles. The Hall–Kier alpha value is -4.10. The summed E-state index contributed by atoms with van der Waals surface area (Å²) >= 11 is 0. The van der Waals surface area contributed by atoms with Crippen LogP contribution in [0.3, 0.4) is 0 Å². The van der Waals surface area contributed by atoms with Gasteiger partial charge < -0.3 is 19.4 Å². The van der Waals surface area contributed by atoms with Gasteiger partial charge in [0.1, 0.15) is 12.1 Å². The summed E-state index contributed by atoms with van der Waals surface area (Å²) in [6, 6.07) is 10.8. The fraction of sp³-hybridized carbons (Fsp3) is 0.469. The number of fused-ring (bicyclic) bond motifs is 4. The predicted molar refractivity (Wildman–Crippen MR) is 157 cm³/mol. The van der Waals surface area contributed by atoms with Gasteiger partial charge in [-0.05, 0) is 73.9 Å². The van der Waals surface area contributed by atoms with Crippen LogP contribution in [0.5, 0.6) is 6.01 Å². The molecule has 1 amide bonds. The number of nitrogens with zero attached hydrogens (tertiary/aromatic N) is 7. The summed E-state index contributed by atoms with van der Waals surface area (Å²) in [6.45, 7) is 5.65. The van der Waals surface area contributed by atoms with Crippen LogP contribution in [0.2, 0.25) is 0 Å². The zero-order valence-corrected chi connectivity index (χ0v) is 23.8. The van der Waals surface area contributed by atoms with Gasteiger partial charge in [-0.25, -0.2) is 4.39 Å². The summed E-state index contributed by atoms with van der Waals surface area (Å²) < 4.78 is 20.0. The Bertz CT molecular complexity index is 1620. The van der Waals surface area contributed by atoms with Gasteiger partial charge in [0.15, 0.2) is 11.6 Å². The Balaban J connectivity index is 1.26. The first kappa shape index (κ1) is 26.8. The van der Waals surface area contributed by atoms with E-state index in [9.17, 15) is 14.4 Å². The minimum atomic E-state index is -1.02. The summed E-state index contributed by atoms with van der Waals surface area (Å²) in [5.74, 6) is 0.218. The van der Waals surface area contributed by atoms with Crippen molar-refractivity contribution in [1.29, 1.82) is 5.26 Å². The molecule has 2 aliphatic heterocycles. The van der Waals surface area contributed by atoms with Crippen molar-refractivity contribution >= 4 is 22.8 Å². The third-order valence-electron chi connectivity index (χ3n) is 9.46. The van der Waals surface area contributed by atoms with Gasteiger partial charge in [0.2, 0.25) is 0 Å². The molecule has 0 bridgehead atoms. The topological polar surface area (TPSA) is 98.5 Å². The third kappa shape index (κ3) is 4.75. The number of anilines is 1. The van der Waals surface area contributed by atoms with E-state index >= 15 is 0 Å². The highest BCUT2D eigenvalue weighted by Gasteiger charge is 2.46.